The van der Waals surface area contributed by atoms with E-state index in [1.807, 2.05) is 19.1 Å². The highest BCUT2D eigenvalue weighted by Gasteiger charge is 2.30. The first-order chi connectivity index (χ1) is 20.8. The van der Waals surface area contributed by atoms with Gasteiger partial charge in [-0.15, -0.1) is 11.6 Å². The molecular weight excluding hydrogens is 576 g/mol. The van der Waals surface area contributed by atoms with E-state index in [1.54, 1.807) is 30.3 Å². The van der Waals surface area contributed by atoms with Crippen LogP contribution in [0.4, 0.5) is 11.4 Å². The maximum atomic E-state index is 13.4. The second-order valence-electron chi connectivity index (χ2n) is 12.2. The minimum absolute atomic E-state index is 0.0143. The monoisotopic (exact) mass is 620 g/mol. The zero-order chi connectivity index (χ0) is 32.7. The number of hydrogen-bond acceptors (Lipinski definition) is 5. The van der Waals surface area contributed by atoms with Crippen LogP contribution in [-0.2, 0) is 20.4 Å². The van der Waals surface area contributed by atoms with Gasteiger partial charge in [-0.3, -0.25) is 14.4 Å². The number of rotatable bonds is 14. The molecule has 7 nitrogen and oxygen atoms in total. The maximum Gasteiger partial charge on any atom is 0.265 e. The van der Waals surface area contributed by atoms with Crippen LogP contribution < -0.4 is 20.1 Å². The molecule has 2 amide bonds. The molecule has 2 N–H and O–H groups in total. The van der Waals surface area contributed by atoms with Crippen LogP contribution in [0.25, 0.3) is 0 Å². The van der Waals surface area contributed by atoms with Gasteiger partial charge in [-0.1, -0.05) is 78.8 Å². The summed E-state index contributed by atoms with van der Waals surface area (Å²) in [6.45, 7) is 15.1. The third-order valence-corrected chi connectivity index (χ3v) is 8.82. The second-order valence-corrected chi connectivity index (χ2v) is 12.6. The average molecular weight is 621 g/mol. The van der Waals surface area contributed by atoms with Crippen LogP contribution in [-0.4, -0.2) is 36.2 Å². The molecule has 0 aliphatic heterocycles. The van der Waals surface area contributed by atoms with Crippen LogP contribution in [0, 0.1) is 0 Å². The lowest BCUT2D eigenvalue weighted by atomic mass is 9.76. The molecule has 0 spiro atoms. The number of ketones is 1. The lowest BCUT2D eigenvalue weighted by molar-refractivity contribution is -0.123. The minimum Gasteiger partial charge on any atom is -0.496 e. The quantitative estimate of drug-likeness (QED) is 0.107. The molecule has 3 aromatic carbocycles. The van der Waals surface area contributed by atoms with Gasteiger partial charge in [-0.2, -0.15) is 0 Å². The number of amides is 2. The third-order valence-electron chi connectivity index (χ3n) is 8.43. The van der Waals surface area contributed by atoms with Crippen molar-refractivity contribution in [2.24, 2.45) is 0 Å². The molecule has 0 heterocycles. The molecule has 0 aromatic heterocycles. The molecular formula is C36H45ClN2O5. The summed E-state index contributed by atoms with van der Waals surface area (Å²) in [5.74, 6) is -0.729. The topological polar surface area (TPSA) is 93.7 Å². The molecule has 0 fully saturated rings. The zero-order valence-electron chi connectivity index (χ0n) is 27.0. The zero-order valence-corrected chi connectivity index (χ0v) is 27.8. The summed E-state index contributed by atoms with van der Waals surface area (Å²) in [6, 6.07) is 19.6. The number of benzene rings is 3. The molecule has 0 radical (unpaired) electrons. The Bertz CT molecular complexity index is 1470. The molecule has 3 rings (SSSR count). The van der Waals surface area contributed by atoms with E-state index >= 15 is 0 Å². The SMILES string of the molecule is CCC(Oc1ccc(C(C)(C)CC)cc1C(C)(C)CC)C(=O)Nc1ccc(C(=O)C(Cl)C(=O)Nc2ccccc2)c(OC)c1. The van der Waals surface area contributed by atoms with Crippen molar-refractivity contribution in [3.63, 3.8) is 0 Å². The molecule has 0 saturated carbocycles. The molecule has 2 unspecified atom stereocenters. The Morgan fingerprint density at radius 3 is 2.00 bits per heavy atom. The van der Waals surface area contributed by atoms with Crippen LogP contribution in [0.3, 0.4) is 0 Å². The smallest absolute Gasteiger partial charge is 0.265 e. The largest absolute Gasteiger partial charge is 0.496 e. The molecule has 8 heteroatoms. The number of alkyl halides is 1. The predicted molar refractivity (Wildman–Crippen MR) is 178 cm³/mol. The summed E-state index contributed by atoms with van der Waals surface area (Å²) in [7, 11) is 1.41. The summed E-state index contributed by atoms with van der Waals surface area (Å²) in [4.78, 5) is 39.1. The van der Waals surface area contributed by atoms with Gasteiger partial charge < -0.3 is 20.1 Å². The van der Waals surface area contributed by atoms with Gasteiger partial charge in [0.2, 0.25) is 5.91 Å². The Morgan fingerprint density at radius 2 is 1.41 bits per heavy atom. The maximum absolute atomic E-state index is 13.4. The summed E-state index contributed by atoms with van der Waals surface area (Å²) < 4.78 is 11.8. The van der Waals surface area contributed by atoms with Crippen LogP contribution in [0.1, 0.15) is 89.2 Å². The van der Waals surface area contributed by atoms with E-state index in [2.05, 4.69) is 64.3 Å². The Morgan fingerprint density at radius 1 is 0.773 bits per heavy atom. The molecule has 236 valence electrons. The number of ether oxygens (including phenoxy) is 2. The van der Waals surface area contributed by atoms with Gasteiger partial charge in [-0.25, -0.2) is 0 Å². The summed E-state index contributed by atoms with van der Waals surface area (Å²) >= 11 is 6.25. The first-order valence-corrected chi connectivity index (χ1v) is 15.6. The summed E-state index contributed by atoms with van der Waals surface area (Å²) in [5.41, 5.74) is 3.23. The highest BCUT2D eigenvalue weighted by molar-refractivity contribution is 6.45. The van der Waals surface area contributed by atoms with Gasteiger partial charge >= 0.3 is 0 Å². The van der Waals surface area contributed by atoms with E-state index < -0.39 is 23.2 Å². The second kappa shape index (κ2) is 14.8. The van der Waals surface area contributed by atoms with E-state index in [0.717, 1.165) is 18.4 Å². The van der Waals surface area contributed by atoms with Gasteiger partial charge in [0.05, 0.1) is 12.7 Å². The molecule has 2 atom stereocenters. The van der Waals surface area contributed by atoms with Gasteiger partial charge in [-0.05, 0) is 66.0 Å². The van der Waals surface area contributed by atoms with E-state index in [-0.39, 0.29) is 28.1 Å². The van der Waals surface area contributed by atoms with E-state index in [0.29, 0.717) is 23.5 Å². The number of carbonyl (C=O) groups is 3. The standard InChI is InChI=1S/C36H45ClN2O5/c1-9-28(44-29-20-17-23(35(4,5)10-2)21-27(29)36(6,7)11-3)33(41)39-25-18-19-26(30(22-25)43-8)32(40)31(37)34(42)38-24-15-13-12-14-16-24/h12-22,28,31H,9-11H2,1-8H3,(H,38,42)(H,39,41). The van der Waals surface area contributed by atoms with Crippen molar-refractivity contribution >= 4 is 40.6 Å². The van der Waals surface area contributed by atoms with Crippen molar-refractivity contribution in [1.29, 1.82) is 0 Å². The number of carbonyl (C=O) groups excluding carboxylic acids is 3. The van der Waals surface area contributed by atoms with Crippen molar-refractivity contribution in [2.75, 3.05) is 17.7 Å². The molecule has 0 aliphatic carbocycles. The normalized spacial score (nSPS) is 13.0. The van der Waals surface area contributed by atoms with Gasteiger partial charge in [0.1, 0.15) is 11.5 Å². The fourth-order valence-corrected chi connectivity index (χ4v) is 4.80. The van der Waals surface area contributed by atoms with Crippen LogP contribution >= 0.6 is 11.6 Å². The molecule has 0 aliphatic rings. The van der Waals surface area contributed by atoms with Crippen molar-refractivity contribution in [3.05, 3.63) is 83.4 Å². The fraction of sp³-hybridized carbons (Fsp3) is 0.417. The van der Waals surface area contributed by atoms with Crippen LogP contribution in [0.5, 0.6) is 11.5 Å². The Kier molecular flexibility index (Phi) is 11.6. The first kappa shape index (κ1) is 34.6. The highest BCUT2D eigenvalue weighted by atomic mass is 35.5. The molecule has 44 heavy (non-hydrogen) atoms. The van der Waals surface area contributed by atoms with E-state index in [1.165, 1.54) is 24.8 Å². The highest BCUT2D eigenvalue weighted by Crippen LogP contribution is 2.39. The number of halogens is 1. The Labute approximate surface area is 266 Å². The number of methoxy groups -OCH3 is 1. The molecule has 0 bridgehead atoms. The van der Waals surface area contributed by atoms with E-state index in [4.69, 9.17) is 21.1 Å². The lowest BCUT2D eigenvalue weighted by Crippen LogP contribution is -2.33. The number of hydrogen-bond donors (Lipinski definition) is 2. The number of para-hydroxylation sites is 1. The summed E-state index contributed by atoms with van der Waals surface area (Å²) in [6.07, 6.45) is 1.59. The third kappa shape index (κ3) is 8.20. The van der Waals surface area contributed by atoms with Crippen molar-refractivity contribution in [2.45, 2.75) is 90.0 Å². The number of nitrogens with one attached hydrogen (secondary N) is 2. The predicted octanol–water partition coefficient (Wildman–Crippen LogP) is 8.30. The number of Topliss-reactive ketones (excluding diaryl/α,β-unsaturated/α-hetero) is 1. The van der Waals surface area contributed by atoms with Crippen molar-refractivity contribution < 1.29 is 23.9 Å². The summed E-state index contributed by atoms with van der Waals surface area (Å²) in [5, 5.41) is 4.05. The lowest BCUT2D eigenvalue weighted by Gasteiger charge is -2.31. The van der Waals surface area contributed by atoms with E-state index in [9.17, 15) is 14.4 Å². The Balaban J connectivity index is 1.80. The molecule has 3 aromatic rings. The van der Waals surface area contributed by atoms with Gasteiger partial charge in [0.25, 0.3) is 5.91 Å². The van der Waals surface area contributed by atoms with Gasteiger partial charge in [0.15, 0.2) is 17.3 Å². The first-order valence-electron chi connectivity index (χ1n) is 15.1. The van der Waals surface area contributed by atoms with Crippen LogP contribution in [0.2, 0.25) is 0 Å². The molecule has 0 saturated heterocycles. The Hall–Kier alpha value is -3.84. The van der Waals surface area contributed by atoms with Crippen molar-refractivity contribution in [3.8, 4) is 11.5 Å². The van der Waals surface area contributed by atoms with Crippen LogP contribution in [0.15, 0.2) is 66.7 Å². The number of anilines is 2. The average Bonchev–Trinajstić information content (AvgIpc) is 3.03. The van der Waals surface area contributed by atoms with Gasteiger partial charge in [0, 0.05) is 23.0 Å². The van der Waals surface area contributed by atoms with Crippen molar-refractivity contribution in [1.82, 2.24) is 0 Å². The fourth-order valence-electron chi connectivity index (χ4n) is 4.63. The minimum atomic E-state index is -1.47.